The van der Waals surface area contributed by atoms with Gasteiger partial charge in [0, 0.05) is 25.8 Å². The van der Waals surface area contributed by atoms with E-state index in [0.29, 0.717) is 12.5 Å². The number of likely N-dealkylation sites (tertiary alicyclic amines) is 1. The van der Waals surface area contributed by atoms with Gasteiger partial charge in [-0.2, -0.15) is 0 Å². The number of nitrogens with two attached hydrogens (primary N) is 1. The van der Waals surface area contributed by atoms with Crippen LogP contribution >= 0.6 is 0 Å². The summed E-state index contributed by atoms with van der Waals surface area (Å²) in [4.78, 5) is 6.90. The summed E-state index contributed by atoms with van der Waals surface area (Å²) in [6, 6.07) is 6.12. The zero-order chi connectivity index (χ0) is 13.7. The van der Waals surface area contributed by atoms with Crippen LogP contribution in [0.4, 0.5) is 0 Å². The fourth-order valence-corrected chi connectivity index (χ4v) is 2.67. The maximum Gasteiger partial charge on any atom is 0.213 e. The first-order valence-corrected chi connectivity index (χ1v) is 6.75. The Morgan fingerprint density at radius 3 is 3.00 bits per heavy atom. The lowest BCUT2D eigenvalue weighted by Gasteiger charge is -2.39. The van der Waals surface area contributed by atoms with Crippen molar-refractivity contribution in [1.82, 2.24) is 9.88 Å². The molecule has 2 N–H and O–H groups in total. The summed E-state index contributed by atoms with van der Waals surface area (Å²) in [7, 11) is 3.36. The average Bonchev–Trinajstić information content (AvgIpc) is 2.45. The van der Waals surface area contributed by atoms with E-state index >= 15 is 0 Å². The molecule has 0 amide bonds. The smallest absolute Gasteiger partial charge is 0.213 e. The van der Waals surface area contributed by atoms with Crippen LogP contribution in [0.5, 0.6) is 5.88 Å². The molecule has 1 aliphatic heterocycles. The molecule has 0 bridgehead atoms. The molecular formula is C14H23N3O2. The molecule has 5 nitrogen and oxygen atoms in total. The van der Waals surface area contributed by atoms with Crippen molar-refractivity contribution in [3.63, 3.8) is 0 Å². The first-order valence-electron chi connectivity index (χ1n) is 6.75. The molecule has 2 rings (SSSR count). The van der Waals surface area contributed by atoms with Crippen LogP contribution in [0.1, 0.15) is 24.6 Å². The van der Waals surface area contributed by atoms with Crippen LogP contribution in [-0.4, -0.2) is 49.8 Å². The number of pyridine rings is 1. The maximum absolute atomic E-state index is 6.30. The third-order valence-corrected chi connectivity index (χ3v) is 3.62. The molecule has 0 radical (unpaired) electrons. The highest BCUT2D eigenvalue weighted by Crippen LogP contribution is 2.29. The second kappa shape index (κ2) is 6.84. The molecule has 1 aromatic rings. The number of rotatable bonds is 5. The van der Waals surface area contributed by atoms with E-state index in [2.05, 4.69) is 9.88 Å². The number of methoxy groups -OCH3 is 2. The quantitative estimate of drug-likeness (QED) is 0.867. The van der Waals surface area contributed by atoms with Gasteiger partial charge in [-0.15, -0.1) is 0 Å². The molecule has 5 heteroatoms. The van der Waals surface area contributed by atoms with Crippen molar-refractivity contribution in [2.75, 3.05) is 33.9 Å². The lowest BCUT2D eigenvalue weighted by molar-refractivity contribution is 0.0826. The Kier molecular flexibility index (Phi) is 5.13. The molecule has 1 aromatic heterocycles. The van der Waals surface area contributed by atoms with Crippen LogP contribution in [0.2, 0.25) is 0 Å². The Morgan fingerprint density at radius 2 is 2.26 bits per heavy atom. The zero-order valence-corrected chi connectivity index (χ0v) is 11.7. The molecular weight excluding hydrogens is 242 g/mol. The summed E-state index contributed by atoms with van der Waals surface area (Å²) in [5, 5.41) is 0. The number of ether oxygens (including phenoxy) is 2. The Labute approximate surface area is 114 Å². The van der Waals surface area contributed by atoms with Gasteiger partial charge in [0.15, 0.2) is 0 Å². The molecule has 2 unspecified atom stereocenters. The van der Waals surface area contributed by atoms with Crippen LogP contribution in [0.15, 0.2) is 18.2 Å². The van der Waals surface area contributed by atoms with Crippen molar-refractivity contribution in [2.24, 2.45) is 5.73 Å². The molecule has 0 aromatic carbocycles. The van der Waals surface area contributed by atoms with E-state index in [9.17, 15) is 0 Å². The Morgan fingerprint density at radius 1 is 1.42 bits per heavy atom. The monoisotopic (exact) mass is 265 g/mol. The van der Waals surface area contributed by atoms with Crippen molar-refractivity contribution in [1.29, 1.82) is 0 Å². The van der Waals surface area contributed by atoms with Gasteiger partial charge >= 0.3 is 0 Å². The van der Waals surface area contributed by atoms with E-state index in [-0.39, 0.29) is 12.1 Å². The van der Waals surface area contributed by atoms with Gasteiger partial charge in [-0.05, 0) is 25.5 Å². The fourth-order valence-electron chi connectivity index (χ4n) is 2.67. The number of nitrogens with zero attached hydrogens (tertiary/aromatic N) is 2. The van der Waals surface area contributed by atoms with Crippen molar-refractivity contribution < 1.29 is 9.47 Å². The minimum atomic E-state index is 0.116. The van der Waals surface area contributed by atoms with Crippen LogP contribution in [0, 0.1) is 0 Å². The van der Waals surface area contributed by atoms with Crippen molar-refractivity contribution >= 4 is 0 Å². The Balaban J connectivity index is 2.19. The summed E-state index contributed by atoms with van der Waals surface area (Å²) in [6.45, 7) is 2.64. The first-order chi connectivity index (χ1) is 9.26. The van der Waals surface area contributed by atoms with E-state index in [1.165, 1.54) is 0 Å². The van der Waals surface area contributed by atoms with Gasteiger partial charge in [0.2, 0.25) is 5.88 Å². The molecule has 0 spiro atoms. The lowest BCUT2D eigenvalue weighted by atomic mass is 9.94. The van der Waals surface area contributed by atoms with Crippen molar-refractivity contribution in [3.05, 3.63) is 23.9 Å². The molecule has 0 aliphatic carbocycles. The van der Waals surface area contributed by atoms with Crippen molar-refractivity contribution in [3.8, 4) is 5.88 Å². The standard InChI is InChI=1S/C14H23N3O2/c1-18-10-9-17-8-4-5-11(15)14(17)12-6-3-7-13(16-12)19-2/h3,6-7,11,14H,4-5,8-10,15H2,1-2H3. The van der Waals surface area contributed by atoms with Gasteiger partial charge in [0.1, 0.15) is 0 Å². The summed E-state index contributed by atoms with van der Waals surface area (Å²) in [6.07, 6.45) is 2.17. The van der Waals surface area contributed by atoms with Gasteiger partial charge in [-0.3, -0.25) is 4.90 Å². The topological polar surface area (TPSA) is 60.6 Å². The van der Waals surface area contributed by atoms with Crippen LogP contribution in [-0.2, 0) is 4.74 Å². The predicted molar refractivity (Wildman–Crippen MR) is 74.2 cm³/mol. The highest BCUT2D eigenvalue weighted by Gasteiger charge is 2.31. The zero-order valence-electron chi connectivity index (χ0n) is 11.7. The van der Waals surface area contributed by atoms with Crippen LogP contribution in [0.25, 0.3) is 0 Å². The second-order valence-electron chi connectivity index (χ2n) is 4.88. The molecule has 1 aliphatic rings. The number of hydrogen-bond acceptors (Lipinski definition) is 5. The minimum absolute atomic E-state index is 0.116. The predicted octanol–water partition coefficient (Wildman–Crippen LogP) is 1.20. The van der Waals surface area contributed by atoms with Gasteiger partial charge in [-0.25, -0.2) is 4.98 Å². The second-order valence-corrected chi connectivity index (χ2v) is 4.88. The van der Waals surface area contributed by atoms with E-state index in [4.69, 9.17) is 15.2 Å². The molecule has 1 saturated heterocycles. The molecule has 1 fully saturated rings. The molecule has 106 valence electrons. The lowest BCUT2D eigenvalue weighted by Crippen LogP contribution is -2.47. The molecule has 19 heavy (non-hydrogen) atoms. The maximum atomic E-state index is 6.30. The summed E-state index contributed by atoms with van der Waals surface area (Å²) in [5.41, 5.74) is 7.29. The summed E-state index contributed by atoms with van der Waals surface area (Å²) >= 11 is 0. The van der Waals surface area contributed by atoms with Gasteiger partial charge in [-0.1, -0.05) is 6.07 Å². The first kappa shape index (κ1) is 14.2. The van der Waals surface area contributed by atoms with Crippen LogP contribution in [0.3, 0.4) is 0 Å². The minimum Gasteiger partial charge on any atom is -0.481 e. The van der Waals surface area contributed by atoms with Gasteiger partial charge < -0.3 is 15.2 Å². The Hall–Kier alpha value is -1.17. The Bertz CT molecular complexity index is 400. The SMILES string of the molecule is COCCN1CCCC(N)C1c1cccc(OC)n1. The van der Waals surface area contributed by atoms with E-state index in [1.807, 2.05) is 18.2 Å². The van der Waals surface area contributed by atoms with Gasteiger partial charge in [0.05, 0.1) is 25.5 Å². The molecule has 0 saturated carbocycles. The normalized spacial score (nSPS) is 24.4. The largest absolute Gasteiger partial charge is 0.481 e. The highest BCUT2D eigenvalue weighted by atomic mass is 16.5. The fraction of sp³-hybridized carbons (Fsp3) is 0.643. The highest BCUT2D eigenvalue weighted by molar-refractivity contribution is 5.20. The molecule has 2 atom stereocenters. The third-order valence-electron chi connectivity index (χ3n) is 3.62. The number of aromatic nitrogens is 1. The van der Waals surface area contributed by atoms with Crippen molar-refractivity contribution in [2.45, 2.75) is 24.9 Å². The summed E-state index contributed by atoms with van der Waals surface area (Å²) in [5.74, 6) is 0.641. The summed E-state index contributed by atoms with van der Waals surface area (Å²) < 4.78 is 10.4. The number of hydrogen-bond donors (Lipinski definition) is 1. The van der Waals surface area contributed by atoms with E-state index in [1.54, 1.807) is 14.2 Å². The average molecular weight is 265 g/mol. The van der Waals surface area contributed by atoms with Gasteiger partial charge in [0.25, 0.3) is 0 Å². The van der Waals surface area contributed by atoms with Crippen LogP contribution < -0.4 is 10.5 Å². The van der Waals surface area contributed by atoms with E-state index < -0.39 is 0 Å². The van der Waals surface area contributed by atoms with E-state index in [0.717, 1.165) is 31.6 Å². The third kappa shape index (κ3) is 3.43. The number of piperidine rings is 1. The molecule has 2 heterocycles.